The first-order valence-corrected chi connectivity index (χ1v) is 10.3. The highest BCUT2D eigenvalue weighted by molar-refractivity contribution is 7.99. The molecule has 6 nitrogen and oxygen atoms in total. The highest BCUT2D eigenvalue weighted by Gasteiger charge is 2.24. The lowest BCUT2D eigenvalue weighted by Gasteiger charge is -2.12. The van der Waals surface area contributed by atoms with E-state index in [1.807, 2.05) is 12.1 Å². The Balaban J connectivity index is 1.90. The van der Waals surface area contributed by atoms with Gasteiger partial charge in [-0.25, -0.2) is 4.98 Å². The van der Waals surface area contributed by atoms with Crippen LogP contribution in [0.1, 0.15) is 16.9 Å². The highest BCUT2D eigenvalue weighted by atomic mass is 32.2. The molecule has 27 heavy (non-hydrogen) atoms. The van der Waals surface area contributed by atoms with Gasteiger partial charge in [-0.1, -0.05) is 11.8 Å². The summed E-state index contributed by atoms with van der Waals surface area (Å²) in [5, 5.41) is 1.20. The molecular formula is C19H18N2O4S2. The number of methoxy groups -OCH3 is 2. The molecule has 0 fully saturated rings. The van der Waals surface area contributed by atoms with Crippen molar-refractivity contribution in [2.75, 3.05) is 20.0 Å². The van der Waals surface area contributed by atoms with Crippen LogP contribution >= 0.6 is 23.1 Å². The number of ether oxygens (including phenoxy) is 2. The van der Waals surface area contributed by atoms with Crippen LogP contribution in [0.15, 0.2) is 34.2 Å². The van der Waals surface area contributed by atoms with Crippen LogP contribution in [0.4, 0.5) is 0 Å². The van der Waals surface area contributed by atoms with Crippen LogP contribution in [0.25, 0.3) is 15.9 Å². The van der Waals surface area contributed by atoms with E-state index in [1.54, 1.807) is 35.1 Å². The van der Waals surface area contributed by atoms with Crippen LogP contribution in [0.2, 0.25) is 0 Å². The summed E-state index contributed by atoms with van der Waals surface area (Å²) in [6.45, 7) is 0. The van der Waals surface area contributed by atoms with Gasteiger partial charge in [0.15, 0.2) is 5.16 Å². The predicted molar refractivity (Wildman–Crippen MR) is 107 cm³/mol. The smallest absolute Gasteiger partial charge is 0.316 e. The van der Waals surface area contributed by atoms with E-state index in [0.29, 0.717) is 22.0 Å². The Labute approximate surface area is 164 Å². The van der Waals surface area contributed by atoms with E-state index in [0.717, 1.165) is 29.7 Å². The molecule has 1 aliphatic carbocycles. The van der Waals surface area contributed by atoms with Crippen LogP contribution in [-0.4, -0.2) is 35.5 Å². The second-order valence-electron chi connectivity index (χ2n) is 6.14. The maximum atomic E-state index is 13.4. The summed E-state index contributed by atoms with van der Waals surface area (Å²) in [6.07, 6.45) is 3.00. The number of thioether (sulfide) groups is 1. The Bertz CT molecular complexity index is 1070. The zero-order chi connectivity index (χ0) is 19.0. The molecule has 0 spiro atoms. The summed E-state index contributed by atoms with van der Waals surface area (Å²) in [5.74, 6) is 0.445. The fraction of sp³-hybridized carbons (Fsp3) is 0.316. The summed E-state index contributed by atoms with van der Waals surface area (Å²) in [6, 6.07) is 7.25. The maximum Gasteiger partial charge on any atom is 0.316 e. The topological polar surface area (TPSA) is 70.4 Å². The fourth-order valence-corrected chi connectivity index (χ4v) is 5.41. The SMILES string of the molecule is COC(=O)CSc1nc2sc3c(c2c(=O)n1-c1ccc(OC)cc1)CCC3. The first-order valence-electron chi connectivity index (χ1n) is 8.53. The molecule has 1 aliphatic rings. The van der Waals surface area contributed by atoms with E-state index in [9.17, 15) is 9.59 Å². The number of benzene rings is 1. The van der Waals surface area contributed by atoms with Crippen molar-refractivity contribution in [2.24, 2.45) is 0 Å². The lowest BCUT2D eigenvalue weighted by molar-refractivity contribution is -0.137. The number of fused-ring (bicyclic) bond motifs is 3. The number of thiophene rings is 1. The monoisotopic (exact) mass is 402 g/mol. The van der Waals surface area contributed by atoms with E-state index >= 15 is 0 Å². The Kier molecular flexibility index (Phi) is 4.92. The number of carbonyl (C=O) groups excluding carboxylic acids is 1. The third-order valence-electron chi connectivity index (χ3n) is 4.59. The number of aryl methyl sites for hydroxylation is 2. The van der Waals surface area contributed by atoms with Crippen molar-refractivity contribution in [1.82, 2.24) is 9.55 Å². The zero-order valence-electron chi connectivity index (χ0n) is 15.0. The number of hydrogen-bond acceptors (Lipinski definition) is 7. The van der Waals surface area contributed by atoms with E-state index in [1.165, 1.54) is 23.7 Å². The van der Waals surface area contributed by atoms with Gasteiger partial charge in [-0.05, 0) is 49.1 Å². The van der Waals surface area contributed by atoms with Gasteiger partial charge in [-0.15, -0.1) is 11.3 Å². The molecule has 0 saturated heterocycles. The summed E-state index contributed by atoms with van der Waals surface area (Å²) in [4.78, 5) is 31.8. The van der Waals surface area contributed by atoms with Crippen molar-refractivity contribution in [3.8, 4) is 11.4 Å². The highest BCUT2D eigenvalue weighted by Crippen LogP contribution is 2.36. The largest absolute Gasteiger partial charge is 0.497 e. The minimum atomic E-state index is -0.357. The fourth-order valence-electron chi connectivity index (χ4n) is 3.26. The van der Waals surface area contributed by atoms with Gasteiger partial charge in [0.1, 0.15) is 10.6 Å². The number of hydrogen-bond donors (Lipinski definition) is 0. The van der Waals surface area contributed by atoms with Gasteiger partial charge in [0, 0.05) is 4.88 Å². The van der Waals surface area contributed by atoms with Crippen LogP contribution in [0.3, 0.4) is 0 Å². The molecular weight excluding hydrogens is 384 g/mol. The molecule has 140 valence electrons. The van der Waals surface area contributed by atoms with E-state index in [2.05, 4.69) is 0 Å². The Morgan fingerprint density at radius 3 is 2.74 bits per heavy atom. The van der Waals surface area contributed by atoms with Crippen LogP contribution in [0, 0.1) is 0 Å². The van der Waals surface area contributed by atoms with Crippen molar-refractivity contribution in [3.63, 3.8) is 0 Å². The minimum Gasteiger partial charge on any atom is -0.497 e. The standard InChI is InChI=1S/C19H18N2O4S2/c1-24-12-8-6-11(7-9-12)21-18(23)16-13-4-3-5-14(13)27-17(16)20-19(21)26-10-15(22)25-2/h6-9H,3-5,10H2,1-2H3. The Hall–Kier alpha value is -2.32. The van der Waals surface area contributed by atoms with Crippen molar-refractivity contribution >= 4 is 39.3 Å². The number of aromatic nitrogens is 2. The summed E-state index contributed by atoms with van der Waals surface area (Å²) < 4.78 is 11.5. The van der Waals surface area contributed by atoms with Gasteiger partial charge in [0.2, 0.25) is 0 Å². The molecule has 2 heterocycles. The van der Waals surface area contributed by atoms with E-state index in [-0.39, 0.29) is 17.3 Å². The molecule has 3 aromatic rings. The maximum absolute atomic E-state index is 13.4. The van der Waals surface area contributed by atoms with Gasteiger partial charge in [-0.2, -0.15) is 0 Å². The van der Waals surface area contributed by atoms with Gasteiger partial charge < -0.3 is 9.47 Å². The molecule has 2 aromatic heterocycles. The van der Waals surface area contributed by atoms with Crippen molar-refractivity contribution in [2.45, 2.75) is 24.4 Å². The molecule has 0 radical (unpaired) electrons. The quantitative estimate of drug-likeness (QED) is 0.371. The van der Waals surface area contributed by atoms with E-state index in [4.69, 9.17) is 14.5 Å². The van der Waals surface area contributed by atoms with Gasteiger partial charge >= 0.3 is 5.97 Å². The average molecular weight is 402 g/mol. The molecule has 4 rings (SSSR count). The number of esters is 1. The lowest BCUT2D eigenvalue weighted by Crippen LogP contribution is -2.22. The summed E-state index contributed by atoms with van der Waals surface area (Å²) in [7, 11) is 2.95. The molecule has 8 heteroatoms. The van der Waals surface area contributed by atoms with Crippen LogP contribution in [-0.2, 0) is 22.4 Å². The third kappa shape index (κ3) is 3.23. The average Bonchev–Trinajstić information content (AvgIpc) is 3.27. The third-order valence-corrected chi connectivity index (χ3v) is 6.68. The van der Waals surface area contributed by atoms with Crippen molar-refractivity contribution in [3.05, 3.63) is 45.1 Å². The second-order valence-corrected chi connectivity index (χ2v) is 8.16. The first-order chi connectivity index (χ1) is 13.1. The minimum absolute atomic E-state index is 0.0862. The normalized spacial score (nSPS) is 13.0. The predicted octanol–water partition coefficient (Wildman–Crippen LogP) is 3.21. The number of nitrogens with zero attached hydrogens (tertiary/aromatic N) is 2. The number of rotatable bonds is 5. The molecule has 0 atom stereocenters. The molecule has 0 amide bonds. The first kappa shape index (κ1) is 18.1. The van der Waals surface area contributed by atoms with Gasteiger partial charge in [0.05, 0.1) is 31.0 Å². The zero-order valence-corrected chi connectivity index (χ0v) is 16.6. The Morgan fingerprint density at radius 2 is 2.04 bits per heavy atom. The molecule has 0 N–H and O–H groups in total. The van der Waals surface area contributed by atoms with Crippen molar-refractivity contribution in [1.29, 1.82) is 0 Å². The van der Waals surface area contributed by atoms with Crippen LogP contribution in [0.5, 0.6) is 5.75 Å². The number of carbonyl (C=O) groups is 1. The molecule has 0 aliphatic heterocycles. The Morgan fingerprint density at radius 1 is 1.26 bits per heavy atom. The van der Waals surface area contributed by atoms with Gasteiger partial charge in [-0.3, -0.25) is 14.2 Å². The molecule has 0 saturated carbocycles. The van der Waals surface area contributed by atoms with Crippen LogP contribution < -0.4 is 10.3 Å². The van der Waals surface area contributed by atoms with E-state index < -0.39 is 0 Å². The lowest BCUT2D eigenvalue weighted by atomic mass is 10.2. The summed E-state index contributed by atoms with van der Waals surface area (Å²) in [5.41, 5.74) is 1.75. The summed E-state index contributed by atoms with van der Waals surface area (Å²) >= 11 is 2.80. The van der Waals surface area contributed by atoms with Crippen molar-refractivity contribution < 1.29 is 14.3 Å². The second kappa shape index (κ2) is 7.36. The molecule has 0 bridgehead atoms. The molecule has 0 unspecified atom stereocenters. The molecule has 1 aromatic carbocycles. The van der Waals surface area contributed by atoms with Gasteiger partial charge in [0.25, 0.3) is 5.56 Å².